The summed E-state index contributed by atoms with van der Waals surface area (Å²) in [6.45, 7) is 3.25. The fourth-order valence-corrected chi connectivity index (χ4v) is 1.53. The van der Waals surface area contributed by atoms with Crippen molar-refractivity contribution in [3.05, 3.63) is 27.3 Å². The van der Waals surface area contributed by atoms with Crippen LogP contribution in [0.2, 0.25) is 0 Å². The number of aromatic amines is 1. The molecule has 0 saturated carbocycles. The van der Waals surface area contributed by atoms with Crippen molar-refractivity contribution in [1.29, 1.82) is 0 Å². The topological polar surface area (TPSA) is 100 Å². The minimum atomic E-state index is -0.973. The van der Waals surface area contributed by atoms with E-state index in [0.29, 0.717) is 11.3 Å². The Hall–Kier alpha value is -2.18. The number of aryl methyl sites for hydroxylation is 2. The number of aromatic nitrogens is 4. The maximum absolute atomic E-state index is 11.7. The van der Waals surface area contributed by atoms with Crippen molar-refractivity contribution in [2.24, 2.45) is 0 Å². The smallest absolute Gasteiger partial charge is 0.308 e. The van der Waals surface area contributed by atoms with Gasteiger partial charge in [0.25, 0.3) is 5.56 Å². The third kappa shape index (κ3) is 1.46. The van der Waals surface area contributed by atoms with Crippen molar-refractivity contribution in [3.63, 3.8) is 0 Å². The number of hydrogen-bond donors (Lipinski definition) is 2. The second-order valence-corrected chi connectivity index (χ2v) is 3.54. The zero-order chi connectivity index (χ0) is 11.9. The van der Waals surface area contributed by atoms with Gasteiger partial charge in [-0.25, -0.2) is 0 Å². The van der Waals surface area contributed by atoms with Crippen molar-refractivity contribution in [2.75, 3.05) is 0 Å². The van der Waals surface area contributed by atoms with Gasteiger partial charge in [-0.05, 0) is 13.8 Å². The van der Waals surface area contributed by atoms with E-state index in [0.717, 1.165) is 0 Å². The molecule has 0 aliphatic heterocycles. The summed E-state index contributed by atoms with van der Waals surface area (Å²) in [7, 11) is 0. The van der Waals surface area contributed by atoms with Crippen LogP contribution < -0.4 is 5.56 Å². The first-order valence-electron chi connectivity index (χ1n) is 4.66. The van der Waals surface area contributed by atoms with Crippen molar-refractivity contribution in [1.82, 2.24) is 19.8 Å². The lowest BCUT2D eigenvalue weighted by Crippen LogP contribution is -2.19. The summed E-state index contributed by atoms with van der Waals surface area (Å²) < 4.78 is 1.22. The molecule has 84 valence electrons. The van der Waals surface area contributed by atoms with Gasteiger partial charge in [0.2, 0.25) is 0 Å². The molecule has 7 nitrogen and oxygen atoms in total. The molecular formula is C9H10N4O3. The first-order chi connectivity index (χ1) is 7.50. The molecule has 0 aliphatic carbocycles. The highest BCUT2D eigenvalue weighted by Gasteiger charge is 2.15. The minimum absolute atomic E-state index is 0.185. The molecule has 7 heteroatoms. The number of nitrogens with zero attached hydrogens (tertiary/aromatic N) is 3. The summed E-state index contributed by atoms with van der Waals surface area (Å²) in [4.78, 5) is 22.3. The number of rotatable bonds is 2. The van der Waals surface area contributed by atoms with Gasteiger partial charge in [-0.15, -0.1) is 10.2 Å². The maximum atomic E-state index is 11.7. The average Bonchev–Trinajstić information content (AvgIpc) is 2.51. The highest BCUT2D eigenvalue weighted by atomic mass is 16.4. The molecular weight excluding hydrogens is 212 g/mol. The molecule has 0 amide bonds. The van der Waals surface area contributed by atoms with Gasteiger partial charge in [-0.1, -0.05) is 0 Å². The molecule has 2 aromatic rings. The Morgan fingerprint density at radius 3 is 2.75 bits per heavy atom. The Morgan fingerprint density at radius 1 is 1.44 bits per heavy atom. The minimum Gasteiger partial charge on any atom is -0.481 e. The molecule has 2 heterocycles. The Morgan fingerprint density at radius 2 is 2.12 bits per heavy atom. The van der Waals surface area contributed by atoms with E-state index in [-0.39, 0.29) is 23.3 Å². The molecule has 2 aromatic heterocycles. The predicted octanol–water partition coefficient (Wildman–Crippen LogP) is -0.338. The fraction of sp³-hybridized carbons (Fsp3) is 0.333. The number of carboxylic acids is 1. The van der Waals surface area contributed by atoms with Crippen LogP contribution in [0, 0.1) is 13.8 Å². The first kappa shape index (κ1) is 10.3. The molecule has 0 bridgehead atoms. The Bertz CT molecular complexity index is 625. The quantitative estimate of drug-likeness (QED) is 0.724. The van der Waals surface area contributed by atoms with Crippen LogP contribution in [-0.2, 0) is 11.2 Å². The number of carboxylic acid groups (broad SMARTS) is 1. The number of nitrogens with one attached hydrogen (secondary N) is 1. The summed E-state index contributed by atoms with van der Waals surface area (Å²) in [6.07, 6.45) is -0.185. The second-order valence-electron chi connectivity index (χ2n) is 3.54. The van der Waals surface area contributed by atoms with Gasteiger partial charge in [0.15, 0.2) is 5.65 Å². The number of aliphatic carboxylic acids is 1. The molecule has 0 fully saturated rings. The molecule has 0 saturated heterocycles. The summed E-state index contributed by atoms with van der Waals surface area (Å²) in [5, 5.41) is 19.0. The molecule has 0 radical (unpaired) electrons. The van der Waals surface area contributed by atoms with Crippen molar-refractivity contribution >= 4 is 11.6 Å². The van der Waals surface area contributed by atoms with Crippen molar-refractivity contribution < 1.29 is 9.90 Å². The molecule has 2 rings (SSSR count). The largest absolute Gasteiger partial charge is 0.481 e. The normalized spacial score (nSPS) is 10.9. The van der Waals surface area contributed by atoms with Crippen LogP contribution in [0.1, 0.15) is 17.0 Å². The van der Waals surface area contributed by atoms with E-state index in [2.05, 4.69) is 15.3 Å². The van der Waals surface area contributed by atoms with Crippen LogP contribution in [-0.4, -0.2) is 30.9 Å². The Kier molecular flexibility index (Phi) is 2.22. The van der Waals surface area contributed by atoms with Crippen LogP contribution >= 0.6 is 0 Å². The van der Waals surface area contributed by atoms with Crippen molar-refractivity contribution in [3.8, 4) is 0 Å². The van der Waals surface area contributed by atoms with Crippen LogP contribution in [0.3, 0.4) is 0 Å². The fourth-order valence-electron chi connectivity index (χ4n) is 1.53. The monoisotopic (exact) mass is 222 g/mol. The van der Waals surface area contributed by atoms with Crippen LogP contribution in [0.25, 0.3) is 5.65 Å². The SMILES string of the molecule is Cc1[nH]n2c(=O)c(C)nnc2c1CC(=O)O. The number of hydrogen-bond acceptors (Lipinski definition) is 4. The third-order valence-electron chi connectivity index (χ3n) is 2.35. The molecule has 0 aliphatic rings. The van der Waals surface area contributed by atoms with Crippen LogP contribution in [0.15, 0.2) is 4.79 Å². The van der Waals surface area contributed by atoms with E-state index in [4.69, 9.17) is 5.11 Å². The highest BCUT2D eigenvalue weighted by Crippen LogP contribution is 2.11. The number of fused-ring (bicyclic) bond motifs is 1. The molecule has 0 unspecified atom stereocenters. The predicted molar refractivity (Wildman–Crippen MR) is 54.4 cm³/mol. The van der Waals surface area contributed by atoms with E-state index < -0.39 is 5.97 Å². The van der Waals surface area contributed by atoms with Gasteiger partial charge in [0.1, 0.15) is 5.69 Å². The molecule has 2 N–H and O–H groups in total. The first-order valence-corrected chi connectivity index (χ1v) is 4.66. The Labute approximate surface area is 89.7 Å². The number of H-pyrrole nitrogens is 1. The van der Waals surface area contributed by atoms with Gasteiger partial charge in [0, 0.05) is 11.3 Å². The lowest BCUT2D eigenvalue weighted by Gasteiger charge is -1.95. The average molecular weight is 222 g/mol. The van der Waals surface area contributed by atoms with E-state index in [1.54, 1.807) is 13.8 Å². The second kappa shape index (κ2) is 3.44. The number of carbonyl (C=O) groups is 1. The lowest BCUT2D eigenvalue weighted by atomic mass is 10.2. The van der Waals surface area contributed by atoms with Gasteiger partial charge in [0.05, 0.1) is 6.42 Å². The zero-order valence-electron chi connectivity index (χ0n) is 8.81. The summed E-state index contributed by atoms with van der Waals surface area (Å²) in [6, 6.07) is 0. The van der Waals surface area contributed by atoms with E-state index in [9.17, 15) is 9.59 Å². The van der Waals surface area contributed by atoms with E-state index in [1.165, 1.54) is 4.52 Å². The maximum Gasteiger partial charge on any atom is 0.308 e. The standard InChI is InChI=1S/C9H10N4O3/c1-4-6(3-7(14)15)8-11-10-5(2)9(16)13(8)12-4/h12H,3H2,1-2H3,(H,14,15). The van der Waals surface area contributed by atoms with Gasteiger partial charge >= 0.3 is 5.97 Å². The van der Waals surface area contributed by atoms with Gasteiger partial charge in [-0.2, -0.15) is 4.52 Å². The van der Waals surface area contributed by atoms with Gasteiger partial charge in [-0.3, -0.25) is 14.7 Å². The van der Waals surface area contributed by atoms with Gasteiger partial charge < -0.3 is 5.11 Å². The molecule has 16 heavy (non-hydrogen) atoms. The molecule has 0 aromatic carbocycles. The zero-order valence-corrected chi connectivity index (χ0v) is 8.81. The van der Waals surface area contributed by atoms with Crippen molar-refractivity contribution in [2.45, 2.75) is 20.3 Å². The van der Waals surface area contributed by atoms with Crippen LogP contribution in [0.5, 0.6) is 0 Å². The summed E-state index contributed by atoms with van der Waals surface area (Å²) >= 11 is 0. The lowest BCUT2D eigenvalue weighted by molar-refractivity contribution is -0.136. The third-order valence-corrected chi connectivity index (χ3v) is 2.35. The Balaban J connectivity index is 2.76. The van der Waals surface area contributed by atoms with E-state index >= 15 is 0 Å². The highest BCUT2D eigenvalue weighted by molar-refractivity contribution is 5.73. The summed E-state index contributed by atoms with van der Waals surface area (Å²) in [5.41, 5.74) is 1.32. The van der Waals surface area contributed by atoms with E-state index in [1.807, 2.05) is 0 Å². The molecule has 0 spiro atoms. The molecule has 0 atom stereocenters. The summed E-state index contributed by atoms with van der Waals surface area (Å²) in [5.74, 6) is -0.973. The van der Waals surface area contributed by atoms with Crippen LogP contribution in [0.4, 0.5) is 0 Å².